The maximum absolute atomic E-state index is 13.1. The molecule has 0 radical (unpaired) electrons. The van der Waals surface area contributed by atoms with Crippen LogP contribution in [0.3, 0.4) is 0 Å². The average molecular weight is 661 g/mol. The number of aliphatic carboxylic acids is 1. The third kappa shape index (κ3) is 6.17. The van der Waals surface area contributed by atoms with Crippen molar-refractivity contribution in [2.45, 2.75) is 44.4 Å². The van der Waals surface area contributed by atoms with Gasteiger partial charge in [0.05, 0.1) is 35.0 Å². The third-order valence-electron chi connectivity index (χ3n) is 8.03. The van der Waals surface area contributed by atoms with Crippen molar-refractivity contribution in [3.05, 3.63) is 52.1 Å². The molecule has 2 atom stereocenters. The third-order valence-corrected chi connectivity index (χ3v) is 9.73. The number of hydrogen-bond donors (Lipinski definition) is 3. The molecule has 2 aliphatic rings. The largest absolute Gasteiger partial charge is 0.481 e. The van der Waals surface area contributed by atoms with Gasteiger partial charge in [-0.1, -0.05) is 22.4 Å². The van der Waals surface area contributed by atoms with Gasteiger partial charge in [0.1, 0.15) is 5.69 Å². The van der Waals surface area contributed by atoms with Crippen molar-refractivity contribution in [3.8, 4) is 5.69 Å². The molecule has 3 N–H and O–H groups in total. The van der Waals surface area contributed by atoms with Crippen LogP contribution in [0, 0.1) is 11.8 Å². The van der Waals surface area contributed by atoms with Crippen molar-refractivity contribution < 1.29 is 27.9 Å². The van der Waals surface area contributed by atoms with Crippen LogP contribution in [0.5, 0.6) is 0 Å². The summed E-state index contributed by atoms with van der Waals surface area (Å²) >= 11 is 3.43. The second-order valence-corrected chi connectivity index (χ2v) is 13.8. The van der Waals surface area contributed by atoms with Crippen molar-refractivity contribution in [3.63, 3.8) is 0 Å². The van der Waals surface area contributed by atoms with E-state index in [0.29, 0.717) is 53.7 Å². The second-order valence-electron chi connectivity index (χ2n) is 11.0. The molecule has 2 amide bonds. The molecular formula is C29H34BrN5O6S. The number of carboxylic acids is 1. The Morgan fingerprint density at radius 1 is 1.10 bits per heavy atom. The van der Waals surface area contributed by atoms with Gasteiger partial charge in [0.2, 0.25) is 15.9 Å². The number of sulfonamides is 1. The summed E-state index contributed by atoms with van der Waals surface area (Å²) in [5, 5.41) is 20.3. The molecule has 1 aromatic heterocycles. The summed E-state index contributed by atoms with van der Waals surface area (Å²) < 4.78 is 30.0. The van der Waals surface area contributed by atoms with Gasteiger partial charge in [0.25, 0.3) is 5.91 Å². The number of halogens is 1. The second kappa shape index (κ2) is 12.0. The van der Waals surface area contributed by atoms with Crippen LogP contribution in [0.15, 0.2) is 40.9 Å². The Bertz CT molecular complexity index is 1630. The predicted octanol–water partition coefficient (Wildman–Crippen LogP) is 3.80. The Morgan fingerprint density at radius 2 is 1.79 bits per heavy atom. The van der Waals surface area contributed by atoms with Crippen molar-refractivity contribution in [2.75, 3.05) is 30.7 Å². The van der Waals surface area contributed by atoms with Gasteiger partial charge in [0, 0.05) is 30.0 Å². The maximum atomic E-state index is 13.1. The highest BCUT2D eigenvalue weighted by atomic mass is 79.9. The van der Waals surface area contributed by atoms with E-state index >= 15 is 0 Å². The van der Waals surface area contributed by atoms with Crippen LogP contribution < -0.4 is 14.9 Å². The van der Waals surface area contributed by atoms with Gasteiger partial charge in [-0.05, 0) is 80.0 Å². The van der Waals surface area contributed by atoms with Crippen molar-refractivity contribution >= 4 is 60.3 Å². The quantitative estimate of drug-likeness (QED) is 0.265. The van der Waals surface area contributed by atoms with Crippen LogP contribution in [-0.2, 0) is 19.6 Å². The minimum Gasteiger partial charge on any atom is -0.481 e. The monoisotopic (exact) mass is 659 g/mol. The molecule has 2 aromatic carbocycles. The van der Waals surface area contributed by atoms with E-state index in [1.165, 1.54) is 4.31 Å². The normalized spacial score (nSPS) is 18.6. The molecule has 0 saturated heterocycles. The average Bonchev–Trinajstić information content (AvgIpc) is 3.54. The van der Waals surface area contributed by atoms with Crippen LogP contribution in [0.2, 0.25) is 0 Å². The first-order valence-corrected chi connectivity index (χ1v) is 16.7. The summed E-state index contributed by atoms with van der Waals surface area (Å²) in [5.74, 6) is -2.64. The SMILES string of the molecule is CNC(=O)c1c2cc(C3CC3)c(N(CCCNC(=O)[C@H]3CCC[C@H]3C(=O)O)S(C)(=O)=O)cc2nn1-c1ccc(Br)cc1. The molecule has 1 heterocycles. The Labute approximate surface area is 252 Å². The first-order chi connectivity index (χ1) is 20.0. The lowest BCUT2D eigenvalue weighted by Gasteiger charge is -2.25. The van der Waals surface area contributed by atoms with Gasteiger partial charge in [-0.2, -0.15) is 5.10 Å². The van der Waals surface area contributed by atoms with E-state index in [4.69, 9.17) is 5.10 Å². The first kappa shape index (κ1) is 30.0. The molecule has 0 unspecified atom stereocenters. The molecule has 224 valence electrons. The Morgan fingerprint density at radius 3 is 2.40 bits per heavy atom. The summed E-state index contributed by atoms with van der Waals surface area (Å²) in [5.41, 5.74) is 2.89. The van der Waals surface area contributed by atoms with Gasteiger partial charge in [-0.25, -0.2) is 13.1 Å². The smallest absolute Gasteiger partial charge is 0.307 e. The van der Waals surface area contributed by atoms with E-state index in [2.05, 4.69) is 26.6 Å². The van der Waals surface area contributed by atoms with Gasteiger partial charge in [-0.15, -0.1) is 0 Å². The van der Waals surface area contributed by atoms with Gasteiger partial charge >= 0.3 is 5.97 Å². The lowest BCUT2D eigenvalue weighted by Crippen LogP contribution is -2.38. The molecule has 42 heavy (non-hydrogen) atoms. The van der Waals surface area contributed by atoms with E-state index < -0.39 is 27.8 Å². The number of carbonyl (C=O) groups excluding carboxylic acids is 2. The van der Waals surface area contributed by atoms with Crippen LogP contribution in [0.4, 0.5) is 5.69 Å². The highest BCUT2D eigenvalue weighted by molar-refractivity contribution is 9.10. The number of rotatable bonds is 11. The standard InChI is InChI=1S/C29H34BrN5O6S/c1-31-28(37)26-23-15-22(17-7-8-17)25(16-24(23)33-35(26)19-11-9-18(30)10-12-19)34(42(2,40)41)14-4-13-32-27(36)20-5-3-6-21(20)29(38)39/h9-12,15-17,20-21H,3-8,13-14H2,1-2H3,(H,31,37)(H,32,36)(H,38,39)/t20-,21+/m0/s1. The number of aromatic nitrogens is 2. The van der Waals surface area contributed by atoms with E-state index in [0.717, 1.165) is 29.1 Å². The highest BCUT2D eigenvalue weighted by Crippen LogP contribution is 2.46. The van der Waals surface area contributed by atoms with Crippen LogP contribution in [-0.4, -0.2) is 67.5 Å². The summed E-state index contributed by atoms with van der Waals surface area (Å²) in [6.45, 7) is 0.334. The maximum Gasteiger partial charge on any atom is 0.307 e. The minimum absolute atomic E-state index is 0.118. The molecule has 2 fully saturated rings. The highest BCUT2D eigenvalue weighted by Gasteiger charge is 2.37. The lowest BCUT2D eigenvalue weighted by atomic mass is 9.95. The van der Waals surface area contributed by atoms with Crippen LogP contribution in [0.1, 0.15) is 60.5 Å². The number of hydrogen-bond acceptors (Lipinski definition) is 6. The molecular weight excluding hydrogens is 626 g/mol. The predicted molar refractivity (Wildman–Crippen MR) is 162 cm³/mol. The van der Waals surface area contributed by atoms with Gasteiger partial charge in [-0.3, -0.25) is 18.7 Å². The van der Waals surface area contributed by atoms with Gasteiger partial charge < -0.3 is 15.7 Å². The number of anilines is 1. The lowest BCUT2D eigenvalue weighted by molar-refractivity contribution is -0.146. The summed E-state index contributed by atoms with van der Waals surface area (Å²) in [6, 6.07) is 11.0. The van der Waals surface area contributed by atoms with Gasteiger partial charge in [0.15, 0.2) is 0 Å². The van der Waals surface area contributed by atoms with E-state index in [9.17, 15) is 27.9 Å². The fourth-order valence-corrected chi connectivity index (χ4v) is 7.02. The number of carbonyl (C=O) groups is 3. The molecule has 0 spiro atoms. The van der Waals surface area contributed by atoms with Crippen molar-refractivity contribution in [2.24, 2.45) is 11.8 Å². The minimum atomic E-state index is -3.71. The zero-order valence-corrected chi connectivity index (χ0v) is 25.9. The molecule has 11 nitrogen and oxygen atoms in total. The molecule has 2 saturated carbocycles. The number of fused-ring (bicyclic) bond motifs is 1. The number of nitrogens with zero attached hydrogens (tertiary/aromatic N) is 3. The zero-order chi connectivity index (χ0) is 30.2. The number of benzene rings is 2. The summed E-state index contributed by atoms with van der Waals surface area (Å²) in [6.07, 6.45) is 5.03. The summed E-state index contributed by atoms with van der Waals surface area (Å²) in [4.78, 5) is 37.2. The molecule has 0 bridgehead atoms. The molecule has 13 heteroatoms. The number of carboxylic acid groups (broad SMARTS) is 1. The first-order valence-electron chi connectivity index (χ1n) is 14.0. The fraction of sp³-hybridized carbons (Fsp3) is 0.448. The Kier molecular flexibility index (Phi) is 8.61. The fourth-order valence-electron chi connectivity index (χ4n) is 5.78. The topological polar surface area (TPSA) is 151 Å². The molecule has 0 aliphatic heterocycles. The number of amides is 2. The molecule has 2 aliphatic carbocycles. The zero-order valence-electron chi connectivity index (χ0n) is 23.5. The van der Waals surface area contributed by atoms with Crippen molar-refractivity contribution in [1.82, 2.24) is 20.4 Å². The van der Waals surface area contributed by atoms with E-state index in [1.807, 2.05) is 30.3 Å². The Hall–Kier alpha value is -3.45. The number of nitrogens with one attached hydrogen (secondary N) is 2. The Balaban J connectivity index is 1.45. The van der Waals surface area contributed by atoms with Crippen LogP contribution >= 0.6 is 15.9 Å². The van der Waals surface area contributed by atoms with Crippen LogP contribution in [0.25, 0.3) is 16.6 Å². The van der Waals surface area contributed by atoms with Crippen molar-refractivity contribution in [1.29, 1.82) is 0 Å². The van der Waals surface area contributed by atoms with E-state index in [1.54, 1.807) is 17.8 Å². The summed E-state index contributed by atoms with van der Waals surface area (Å²) in [7, 11) is -2.15. The molecule has 5 rings (SSSR count). The van der Waals surface area contributed by atoms with E-state index in [-0.39, 0.29) is 30.8 Å². The molecule has 3 aromatic rings.